The van der Waals surface area contributed by atoms with E-state index in [1.54, 1.807) is 17.7 Å². The van der Waals surface area contributed by atoms with Crippen molar-refractivity contribution in [2.45, 2.75) is 25.7 Å². The van der Waals surface area contributed by atoms with Crippen LogP contribution in [-0.2, 0) is 10.0 Å². The van der Waals surface area contributed by atoms with Gasteiger partial charge in [0.1, 0.15) is 18.0 Å². The molecule has 0 saturated carbocycles. The fraction of sp³-hybridized carbons (Fsp3) is 0.278. The zero-order valence-corrected chi connectivity index (χ0v) is 16.6. The van der Waals surface area contributed by atoms with Crippen molar-refractivity contribution in [2.24, 2.45) is 0 Å². The Hall–Kier alpha value is -2.85. The largest absolute Gasteiger partial charge is 0.369 e. The first-order valence-electron chi connectivity index (χ1n) is 8.61. The van der Waals surface area contributed by atoms with Gasteiger partial charge in [-0.25, -0.2) is 32.2 Å². The van der Waals surface area contributed by atoms with Crippen molar-refractivity contribution in [1.29, 1.82) is 0 Å². The van der Waals surface area contributed by atoms with Crippen molar-refractivity contribution in [2.75, 3.05) is 18.4 Å². The van der Waals surface area contributed by atoms with Crippen LogP contribution in [0.25, 0.3) is 5.82 Å². The maximum atomic E-state index is 13.2. The molecule has 0 aliphatic heterocycles. The van der Waals surface area contributed by atoms with Gasteiger partial charge in [0.25, 0.3) is 0 Å². The molecular formula is C18H21FN6O2S. The highest BCUT2D eigenvalue weighted by Crippen LogP contribution is 2.16. The zero-order chi connectivity index (χ0) is 20.3. The smallest absolute Gasteiger partial charge is 0.240 e. The summed E-state index contributed by atoms with van der Waals surface area (Å²) in [5, 5.41) is 7.43. The number of hydrogen-bond acceptors (Lipinski definition) is 6. The molecule has 2 N–H and O–H groups in total. The second kappa shape index (κ2) is 8.03. The highest BCUT2D eigenvalue weighted by molar-refractivity contribution is 7.89. The molecule has 0 aliphatic rings. The van der Waals surface area contributed by atoms with Crippen molar-refractivity contribution < 1.29 is 12.8 Å². The van der Waals surface area contributed by atoms with E-state index in [0.29, 0.717) is 23.7 Å². The molecule has 148 valence electrons. The van der Waals surface area contributed by atoms with Crippen LogP contribution < -0.4 is 10.0 Å². The molecule has 3 aromatic rings. The van der Waals surface area contributed by atoms with Crippen LogP contribution in [0.4, 0.5) is 10.2 Å². The number of sulfonamides is 1. The highest BCUT2D eigenvalue weighted by atomic mass is 32.2. The summed E-state index contributed by atoms with van der Waals surface area (Å²) < 4.78 is 42.1. The number of aryl methyl sites for hydroxylation is 3. The van der Waals surface area contributed by atoms with Gasteiger partial charge in [0.05, 0.1) is 10.6 Å². The summed E-state index contributed by atoms with van der Waals surface area (Å²) in [6, 6.07) is 7.25. The number of halogens is 1. The van der Waals surface area contributed by atoms with Gasteiger partial charge in [0, 0.05) is 24.8 Å². The van der Waals surface area contributed by atoms with E-state index in [1.165, 1.54) is 18.5 Å². The van der Waals surface area contributed by atoms with E-state index in [1.807, 2.05) is 19.9 Å². The minimum Gasteiger partial charge on any atom is -0.369 e. The number of anilines is 1. The monoisotopic (exact) mass is 404 g/mol. The van der Waals surface area contributed by atoms with Gasteiger partial charge in [0.15, 0.2) is 5.82 Å². The lowest BCUT2D eigenvalue weighted by molar-refractivity contribution is 0.581. The zero-order valence-electron chi connectivity index (χ0n) is 15.8. The number of benzene rings is 1. The third-order valence-electron chi connectivity index (χ3n) is 4.03. The maximum Gasteiger partial charge on any atom is 0.240 e. The minimum atomic E-state index is -3.72. The molecule has 0 unspecified atom stereocenters. The number of nitrogens with zero attached hydrogens (tertiary/aromatic N) is 4. The van der Waals surface area contributed by atoms with E-state index in [-0.39, 0.29) is 11.4 Å². The molecule has 28 heavy (non-hydrogen) atoms. The first kappa shape index (κ1) is 19.9. The second-order valence-electron chi connectivity index (χ2n) is 6.33. The van der Waals surface area contributed by atoms with E-state index < -0.39 is 15.8 Å². The van der Waals surface area contributed by atoms with Crippen molar-refractivity contribution in [1.82, 2.24) is 24.5 Å². The summed E-state index contributed by atoms with van der Waals surface area (Å²) in [6.45, 7) is 5.84. The quantitative estimate of drug-likeness (QED) is 0.585. The van der Waals surface area contributed by atoms with Crippen molar-refractivity contribution in [3.8, 4) is 5.82 Å². The summed E-state index contributed by atoms with van der Waals surface area (Å²) in [5.41, 5.74) is 2.19. The average molecular weight is 404 g/mol. The van der Waals surface area contributed by atoms with Crippen LogP contribution in [0.5, 0.6) is 0 Å². The van der Waals surface area contributed by atoms with E-state index >= 15 is 0 Å². The Bertz CT molecular complexity index is 1100. The molecule has 8 nitrogen and oxygen atoms in total. The summed E-state index contributed by atoms with van der Waals surface area (Å²) in [6.07, 6.45) is 1.42. The maximum absolute atomic E-state index is 13.2. The second-order valence-corrected chi connectivity index (χ2v) is 8.07. The van der Waals surface area contributed by atoms with Gasteiger partial charge in [-0.1, -0.05) is 0 Å². The van der Waals surface area contributed by atoms with Gasteiger partial charge in [-0.05, 0) is 50.6 Å². The fourth-order valence-corrected chi connectivity index (χ4v) is 4.04. The molecule has 1 aromatic carbocycles. The van der Waals surface area contributed by atoms with Crippen LogP contribution in [-0.4, -0.2) is 41.3 Å². The average Bonchev–Trinajstić information content (AvgIpc) is 2.97. The molecule has 2 heterocycles. The molecule has 0 bridgehead atoms. The van der Waals surface area contributed by atoms with Crippen LogP contribution in [0.1, 0.15) is 17.0 Å². The summed E-state index contributed by atoms with van der Waals surface area (Å²) >= 11 is 0. The Morgan fingerprint density at radius 1 is 1.07 bits per heavy atom. The number of rotatable bonds is 7. The molecule has 3 rings (SSSR count). The van der Waals surface area contributed by atoms with Gasteiger partial charge >= 0.3 is 0 Å². The third-order valence-corrected chi connectivity index (χ3v) is 5.65. The van der Waals surface area contributed by atoms with Crippen LogP contribution >= 0.6 is 0 Å². The van der Waals surface area contributed by atoms with Crippen molar-refractivity contribution >= 4 is 15.8 Å². The molecule has 0 radical (unpaired) electrons. The Labute approximate surface area is 162 Å². The lowest BCUT2D eigenvalue weighted by Gasteiger charge is -2.11. The van der Waals surface area contributed by atoms with E-state index in [4.69, 9.17) is 0 Å². The lowest BCUT2D eigenvalue weighted by atomic mass is 10.2. The van der Waals surface area contributed by atoms with Crippen molar-refractivity contribution in [3.05, 3.63) is 59.4 Å². The Kier molecular flexibility index (Phi) is 5.71. The summed E-state index contributed by atoms with van der Waals surface area (Å²) in [5.74, 6) is 0.695. The molecule has 10 heteroatoms. The number of hydrogen-bond donors (Lipinski definition) is 2. The first-order valence-corrected chi connectivity index (χ1v) is 10.1. The van der Waals surface area contributed by atoms with Crippen LogP contribution in [0.3, 0.4) is 0 Å². The van der Waals surface area contributed by atoms with Crippen molar-refractivity contribution in [3.63, 3.8) is 0 Å². The van der Waals surface area contributed by atoms with Gasteiger partial charge in [-0.15, -0.1) is 0 Å². The standard InChI is InChI=1S/C18H21FN6O2S/c1-12-8-15(19)4-5-16(12)28(26,27)23-7-6-20-17-10-18(22-11-21-17)25-14(3)9-13(2)24-25/h4-5,8-11,23H,6-7H2,1-3H3,(H,20,21,22). The van der Waals surface area contributed by atoms with Crippen LogP contribution in [0.15, 0.2) is 41.6 Å². The van der Waals surface area contributed by atoms with E-state index in [0.717, 1.165) is 17.5 Å². The van der Waals surface area contributed by atoms with Crippen LogP contribution in [0.2, 0.25) is 0 Å². The number of aromatic nitrogens is 4. The highest BCUT2D eigenvalue weighted by Gasteiger charge is 2.16. The molecule has 0 amide bonds. The topological polar surface area (TPSA) is 102 Å². The molecule has 0 spiro atoms. The minimum absolute atomic E-state index is 0.0581. The normalized spacial score (nSPS) is 11.6. The molecule has 0 fully saturated rings. The van der Waals surface area contributed by atoms with Gasteiger partial charge in [-0.2, -0.15) is 5.10 Å². The molecular weight excluding hydrogens is 383 g/mol. The Balaban J connectivity index is 1.61. The number of nitrogens with one attached hydrogen (secondary N) is 2. The molecule has 2 aromatic heterocycles. The third kappa shape index (κ3) is 4.52. The van der Waals surface area contributed by atoms with Gasteiger partial charge in [0.2, 0.25) is 10.0 Å². The summed E-state index contributed by atoms with van der Waals surface area (Å²) in [4.78, 5) is 8.41. The lowest BCUT2D eigenvalue weighted by Crippen LogP contribution is -2.29. The predicted octanol–water partition coefficient (Wildman–Crippen LogP) is 2.12. The Morgan fingerprint density at radius 3 is 2.54 bits per heavy atom. The molecule has 0 aliphatic carbocycles. The first-order chi connectivity index (χ1) is 13.3. The summed E-state index contributed by atoms with van der Waals surface area (Å²) in [7, 11) is -3.72. The molecule has 0 atom stereocenters. The predicted molar refractivity (Wildman–Crippen MR) is 103 cm³/mol. The van der Waals surface area contributed by atoms with Gasteiger partial charge < -0.3 is 5.32 Å². The fourth-order valence-electron chi connectivity index (χ4n) is 2.79. The van der Waals surface area contributed by atoms with Crippen LogP contribution in [0, 0.1) is 26.6 Å². The Morgan fingerprint density at radius 2 is 1.86 bits per heavy atom. The van der Waals surface area contributed by atoms with Gasteiger partial charge in [-0.3, -0.25) is 0 Å². The van der Waals surface area contributed by atoms with E-state index in [9.17, 15) is 12.8 Å². The SMILES string of the molecule is Cc1cc(C)n(-c2cc(NCCNS(=O)(=O)c3ccc(F)cc3C)ncn2)n1. The molecule has 0 saturated heterocycles. The van der Waals surface area contributed by atoms with E-state index in [2.05, 4.69) is 25.1 Å².